The van der Waals surface area contributed by atoms with Gasteiger partial charge in [0.2, 0.25) is 17.8 Å². The molecule has 0 spiro atoms. The third-order valence-electron chi connectivity index (χ3n) is 8.15. The van der Waals surface area contributed by atoms with E-state index in [0.717, 1.165) is 71.7 Å². The summed E-state index contributed by atoms with van der Waals surface area (Å²) >= 11 is 1.67. The van der Waals surface area contributed by atoms with Crippen molar-refractivity contribution in [1.29, 1.82) is 0 Å². The number of nitrogens with zero attached hydrogens (tertiary/aromatic N) is 6. The number of carbonyl (C=O) groups is 4. The van der Waals surface area contributed by atoms with Gasteiger partial charge in [-0.05, 0) is 35.6 Å². The number of rotatable bonds is 5. The average molecular weight is 576 g/mol. The largest absolute Gasteiger partial charge is 0.378 e. The smallest absolute Gasteiger partial charge is 0.262 e. The van der Waals surface area contributed by atoms with Crippen molar-refractivity contribution in [2.45, 2.75) is 25.4 Å². The van der Waals surface area contributed by atoms with Crippen LogP contribution in [0.2, 0.25) is 0 Å². The summed E-state index contributed by atoms with van der Waals surface area (Å²) in [5, 5.41) is 4.29. The van der Waals surface area contributed by atoms with E-state index in [0.29, 0.717) is 30.9 Å². The first-order valence-electron chi connectivity index (χ1n) is 13.9. The molecule has 1 atom stereocenters. The number of aromatic nitrogens is 2. The van der Waals surface area contributed by atoms with Crippen LogP contribution >= 0.6 is 11.3 Å². The van der Waals surface area contributed by atoms with Crippen LogP contribution in [0.4, 0.5) is 11.8 Å². The molecule has 4 aliphatic heterocycles. The van der Waals surface area contributed by atoms with Crippen LogP contribution < -0.4 is 15.1 Å². The van der Waals surface area contributed by atoms with Crippen molar-refractivity contribution in [2.24, 2.45) is 0 Å². The second-order valence-electron chi connectivity index (χ2n) is 10.7. The molecule has 0 aliphatic carbocycles. The minimum absolute atomic E-state index is 0.0989. The lowest BCUT2D eigenvalue weighted by atomic mass is 10.0. The Morgan fingerprint density at radius 2 is 1.68 bits per heavy atom. The maximum atomic E-state index is 13.2. The quantitative estimate of drug-likeness (QED) is 0.444. The monoisotopic (exact) mass is 575 g/mol. The second kappa shape index (κ2) is 10.5. The maximum Gasteiger partial charge on any atom is 0.262 e. The Kier molecular flexibility index (Phi) is 6.64. The molecule has 4 aliphatic rings. The summed E-state index contributed by atoms with van der Waals surface area (Å²) in [6, 6.07) is 6.38. The van der Waals surface area contributed by atoms with Crippen LogP contribution in [0.25, 0.3) is 10.2 Å². The minimum Gasteiger partial charge on any atom is -0.378 e. The van der Waals surface area contributed by atoms with Gasteiger partial charge in [0.1, 0.15) is 6.04 Å². The van der Waals surface area contributed by atoms with E-state index >= 15 is 0 Å². The van der Waals surface area contributed by atoms with Crippen LogP contribution in [0.3, 0.4) is 0 Å². The van der Waals surface area contributed by atoms with Crippen LogP contribution in [0.5, 0.6) is 0 Å². The number of anilines is 2. The van der Waals surface area contributed by atoms with Crippen molar-refractivity contribution in [3.63, 3.8) is 0 Å². The molecule has 0 radical (unpaired) electrons. The van der Waals surface area contributed by atoms with E-state index in [2.05, 4.69) is 25.4 Å². The number of piperidine rings is 1. The Labute approximate surface area is 239 Å². The molecule has 1 N–H and O–H groups in total. The summed E-state index contributed by atoms with van der Waals surface area (Å²) in [5.74, 6) is -0.238. The molecular weight excluding hydrogens is 546 g/mol. The maximum absolute atomic E-state index is 13.2. The van der Waals surface area contributed by atoms with Gasteiger partial charge in [-0.25, -0.2) is 4.98 Å². The average Bonchev–Trinajstić information content (AvgIpc) is 3.56. The topological polar surface area (TPSA) is 128 Å². The molecule has 13 heteroatoms. The van der Waals surface area contributed by atoms with E-state index in [1.165, 1.54) is 0 Å². The highest BCUT2D eigenvalue weighted by atomic mass is 32.1. The zero-order valence-electron chi connectivity index (χ0n) is 22.4. The number of fused-ring (bicyclic) bond motifs is 2. The van der Waals surface area contributed by atoms with Crippen molar-refractivity contribution >= 4 is 56.9 Å². The third kappa shape index (κ3) is 4.73. The lowest BCUT2D eigenvalue weighted by Gasteiger charge is -2.35. The highest BCUT2D eigenvalue weighted by Crippen LogP contribution is 2.32. The van der Waals surface area contributed by atoms with E-state index in [4.69, 9.17) is 14.7 Å². The molecule has 2 aromatic heterocycles. The molecule has 12 nitrogen and oxygen atoms in total. The number of amides is 4. The van der Waals surface area contributed by atoms with Crippen molar-refractivity contribution in [3.8, 4) is 0 Å². The summed E-state index contributed by atoms with van der Waals surface area (Å²) in [6.45, 7) is 6.78. The highest BCUT2D eigenvalue weighted by molar-refractivity contribution is 7.17. The molecule has 0 bridgehead atoms. The minimum atomic E-state index is -0.962. The van der Waals surface area contributed by atoms with Gasteiger partial charge in [-0.2, -0.15) is 4.98 Å². The summed E-state index contributed by atoms with van der Waals surface area (Å²) in [7, 11) is 0. The Balaban J connectivity index is 1.03. The number of hydrogen-bond donors (Lipinski definition) is 1. The molecule has 212 valence electrons. The Hall–Kier alpha value is -3.94. The number of piperazine rings is 1. The van der Waals surface area contributed by atoms with E-state index in [-0.39, 0.29) is 18.7 Å². The molecule has 3 aromatic rings. The zero-order valence-corrected chi connectivity index (χ0v) is 23.2. The first-order valence-corrected chi connectivity index (χ1v) is 14.7. The van der Waals surface area contributed by atoms with Crippen LogP contribution in [0, 0.1) is 0 Å². The predicted octanol–water partition coefficient (Wildman–Crippen LogP) is 1.25. The van der Waals surface area contributed by atoms with Crippen LogP contribution in [-0.2, 0) is 20.9 Å². The number of ether oxygens (including phenoxy) is 1. The molecule has 4 amide bonds. The van der Waals surface area contributed by atoms with Gasteiger partial charge in [0.05, 0.1) is 34.6 Å². The van der Waals surface area contributed by atoms with Gasteiger partial charge in [-0.1, -0.05) is 6.07 Å². The van der Waals surface area contributed by atoms with Gasteiger partial charge in [0, 0.05) is 52.2 Å². The van der Waals surface area contributed by atoms with Crippen LogP contribution in [0.1, 0.15) is 39.1 Å². The Morgan fingerprint density at radius 1 is 0.902 bits per heavy atom. The molecule has 41 heavy (non-hydrogen) atoms. The number of imide groups is 2. The first kappa shape index (κ1) is 26.0. The van der Waals surface area contributed by atoms with Gasteiger partial charge in [0.15, 0.2) is 5.82 Å². The third-order valence-corrected chi connectivity index (χ3v) is 9.05. The fourth-order valence-corrected chi connectivity index (χ4v) is 6.80. The van der Waals surface area contributed by atoms with Gasteiger partial charge >= 0.3 is 0 Å². The molecule has 1 unspecified atom stereocenters. The fourth-order valence-electron chi connectivity index (χ4n) is 5.95. The summed E-state index contributed by atoms with van der Waals surface area (Å²) in [6.07, 6.45) is 0.242. The van der Waals surface area contributed by atoms with Crippen LogP contribution in [-0.4, -0.2) is 102 Å². The second-order valence-corrected chi connectivity index (χ2v) is 11.6. The Morgan fingerprint density at radius 3 is 2.46 bits per heavy atom. The summed E-state index contributed by atoms with van der Waals surface area (Å²) in [5.41, 5.74) is 2.50. The zero-order chi connectivity index (χ0) is 28.1. The molecular formula is C28H29N7O5S. The molecule has 0 saturated carbocycles. The molecule has 3 saturated heterocycles. The number of benzene rings is 1. The van der Waals surface area contributed by atoms with Crippen molar-refractivity contribution in [2.75, 3.05) is 62.3 Å². The summed E-state index contributed by atoms with van der Waals surface area (Å²) in [4.78, 5) is 67.7. The number of thiophene rings is 1. The van der Waals surface area contributed by atoms with Crippen molar-refractivity contribution in [1.82, 2.24) is 25.1 Å². The SMILES string of the molecule is O=C1CCC(N2C(=O)c3ccc(CN4CCN(c5nc(N6CCOCC6)c6sccc6n5)CC4)cc3C2=O)C(=O)N1. The van der Waals surface area contributed by atoms with E-state index in [1.54, 1.807) is 23.5 Å². The molecule has 7 rings (SSSR count). The highest BCUT2D eigenvalue weighted by Gasteiger charge is 2.44. The Bertz CT molecular complexity index is 1560. The van der Waals surface area contributed by atoms with Gasteiger partial charge in [-0.15, -0.1) is 11.3 Å². The lowest BCUT2D eigenvalue weighted by Crippen LogP contribution is -2.54. The summed E-state index contributed by atoms with van der Waals surface area (Å²) < 4.78 is 6.64. The predicted molar refractivity (Wildman–Crippen MR) is 151 cm³/mol. The molecule has 3 fully saturated rings. The van der Waals surface area contributed by atoms with E-state index < -0.39 is 23.8 Å². The first-order chi connectivity index (χ1) is 20.0. The van der Waals surface area contributed by atoms with Crippen LogP contribution in [0.15, 0.2) is 29.6 Å². The van der Waals surface area contributed by atoms with E-state index in [9.17, 15) is 19.2 Å². The van der Waals surface area contributed by atoms with Crippen molar-refractivity contribution in [3.05, 3.63) is 46.3 Å². The standard InChI is InChI=1S/C28H29N7O5S/c36-22-4-3-21(25(37)30-22)35-26(38)18-2-1-17(15-19(18)27(35)39)16-32-6-8-34(9-7-32)28-29-20-5-14-41-23(20)24(31-28)33-10-12-40-13-11-33/h1-2,5,14-15,21H,3-4,6-13,16H2,(H,30,36,37). The molecule has 6 heterocycles. The normalized spacial score (nSPS) is 22.0. The number of nitrogens with one attached hydrogen (secondary N) is 1. The van der Waals surface area contributed by atoms with Gasteiger partial charge in [-0.3, -0.25) is 34.3 Å². The molecule has 1 aromatic carbocycles. The fraction of sp³-hybridized carbons (Fsp3) is 0.429. The van der Waals surface area contributed by atoms with Gasteiger partial charge < -0.3 is 14.5 Å². The van der Waals surface area contributed by atoms with Gasteiger partial charge in [0.25, 0.3) is 11.8 Å². The van der Waals surface area contributed by atoms with Crippen molar-refractivity contribution < 1.29 is 23.9 Å². The number of hydrogen-bond acceptors (Lipinski definition) is 11. The number of morpholine rings is 1. The van der Waals surface area contributed by atoms with E-state index in [1.807, 2.05) is 12.1 Å². The lowest BCUT2D eigenvalue weighted by molar-refractivity contribution is -0.136. The number of carbonyl (C=O) groups excluding carboxylic acids is 4.